The Balaban J connectivity index is 2.65. The number of ether oxygens (including phenoxy) is 2. The van der Waals surface area contributed by atoms with Crippen LogP contribution in [0.2, 0.25) is 0 Å². The molecule has 0 aromatic rings. The summed E-state index contributed by atoms with van der Waals surface area (Å²) in [6.07, 6.45) is 7.29. The second-order valence-electron chi connectivity index (χ2n) is 7.57. The number of aliphatic hydroxyl groups is 1. The number of cyclic esters (lactones) is 1. The van der Waals surface area contributed by atoms with Gasteiger partial charge >= 0.3 is 5.97 Å². The van der Waals surface area contributed by atoms with Crippen molar-refractivity contribution in [3.05, 3.63) is 12.2 Å². The van der Waals surface area contributed by atoms with Gasteiger partial charge in [0.2, 0.25) is 11.8 Å². The molecule has 0 aromatic heterocycles. The number of hydrogen-bond donors (Lipinski definition) is 3. The minimum absolute atomic E-state index is 0.0615. The van der Waals surface area contributed by atoms with Crippen LogP contribution in [0.15, 0.2) is 12.2 Å². The third-order valence-corrected chi connectivity index (χ3v) is 4.25. The van der Waals surface area contributed by atoms with Crippen molar-refractivity contribution in [2.24, 2.45) is 5.92 Å². The van der Waals surface area contributed by atoms with Gasteiger partial charge in [0, 0.05) is 19.4 Å². The van der Waals surface area contributed by atoms with E-state index < -0.39 is 11.5 Å². The zero-order valence-corrected chi connectivity index (χ0v) is 17.0. The van der Waals surface area contributed by atoms with Gasteiger partial charge in [0.05, 0.1) is 31.3 Å². The molecule has 1 rings (SSSR count). The van der Waals surface area contributed by atoms with E-state index in [1.807, 2.05) is 12.2 Å². The summed E-state index contributed by atoms with van der Waals surface area (Å²) in [5.74, 6) is -1.24. The second-order valence-corrected chi connectivity index (χ2v) is 7.57. The third kappa shape index (κ3) is 11.0. The largest absolute Gasteiger partial charge is 0.463 e. The SMILES string of the molecule is CC1(C)COC(=O)CCCCC=CCC(CC(=O)NCCOCCO)C(=O)N1. The van der Waals surface area contributed by atoms with E-state index in [2.05, 4.69) is 10.6 Å². The number of rotatable bonds is 7. The summed E-state index contributed by atoms with van der Waals surface area (Å²) in [5, 5.41) is 14.3. The van der Waals surface area contributed by atoms with Crippen molar-refractivity contribution < 1.29 is 29.0 Å². The van der Waals surface area contributed by atoms with E-state index in [4.69, 9.17) is 14.6 Å². The molecule has 0 saturated heterocycles. The standard InChI is InChI=1S/C20H34N2O6/c1-20(2)15-28-18(25)9-7-5-3-4-6-8-16(19(26)22-20)14-17(24)21-10-12-27-13-11-23/h4,6,16,23H,3,5,7-15H2,1-2H3,(H,21,24)(H,22,26). The highest BCUT2D eigenvalue weighted by Gasteiger charge is 2.28. The van der Waals surface area contributed by atoms with E-state index in [9.17, 15) is 14.4 Å². The first-order valence-corrected chi connectivity index (χ1v) is 9.92. The fraction of sp³-hybridized carbons (Fsp3) is 0.750. The van der Waals surface area contributed by atoms with Gasteiger partial charge in [-0.3, -0.25) is 14.4 Å². The van der Waals surface area contributed by atoms with Gasteiger partial charge in [-0.1, -0.05) is 12.2 Å². The minimum Gasteiger partial charge on any atom is -0.463 e. The Kier molecular flexibility index (Phi) is 11.4. The molecule has 28 heavy (non-hydrogen) atoms. The Morgan fingerprint density at radius 2 is 2.11 bits per heavy atom. The summed E-state index contributed by atoms with van der Waals surface area (Å²) in [7, 11) is 0. The van der Waals surface area contributed by atoms with Crippen molar-refractivity contribution in [2.45, 2.75) is 57.9 Å². The Hall–Kier alpha value is -1.93. The van der Waals surface area contributed by atoms with E-state index in [0.29, 0.717) is 26.0 Å². The van der Waals surface area contributed by atoms with Crippen LogP contribution in [-0.4, -0.2) is 61.4 Å². The summed E-state index contributed by atoms with van der Waals surface area (Å²) in [4.78, 5) is 36.7. The summed E-state index contributed by atoms with van der Waals surface area (Å²) in [6.45, 7) is 4.46. The van der Waals surface area contributed by atoms with E-state index in [-0.39, 0.29) is 44.0 Å². The van der Waals surface area contributed by atoms with Gasteiger partial charge in [0.1, 0.15) is 6.61 Å². The van der Waals surface area contributed by atoms with Gasteiger partial charge in [-0.05, 0) is 39.5 Å². The Labute approximate surface area is 167 Å². The Morgan fingerprint density at radius 3 is 2.86 bits per heavy atom. The molecule has 0 bridgehead atoms. The average Bonchev–Trinajstić information content (AvgIpc) is 2.63. The molecule has 0 aromatic carbocycles. The van der Waals surface area contributed by atoms with Crippen LogP contribution in [0.25, 0.3) is 0 Å². The molecular weight excluding hydrogens is 364 g/mol. The van der Waals surface area contributed by atoms with Gasteiger partial charge in [-0.15, -0.1) is 0 Å². The van der Waals surface area contributed by atoms with Crippen molar-refractivity contribution in [1.82, 2.24) is 10.6 Å². The lowest BCUT2D eigenvalue weighted by Gasteiger charge is -2.28. The number of esters is 1. The topological polar surface area (TPSA) is 114 Å². The lowest BCUT2D eigenvalue weighted by Crippen LogP contribution is -2.50. The molecule has 0 spiro atoms. The highest BCUT2D eigenvalue weighted by Crippen LogP contribution is 2.15. The highest BCUT2D eigenvalue weighted by molar-refractivity contribution is 5.86. The predicted molar refractivity (Wildman–Crippen MR) is 104 cm³/mol. The molecule has 0 radical (unpaired) electrons. The zero-order chi connectivity index (χ0) is 20.8. The maximum atomic E-state index is 12.7. The Bertz CT molecular complexity index is 533. The van der Waals surface area contributed by atoms with Crippen molar-refractivity contribution in [3.8, 4) is 0 Å². The molecule has 0 saturated carbocycles. The molecule has 0 fully saturated rings. The summed E-state index contributed by atoms with van der Waals surface area (Å²) >= 11 is 0. The van der Waals surface area contributed by atoms with Crippen LogP contribution in [0.3, 0.4) is 0 Å². The van der Waals surface area contributed by atoms with Crippen LogP contribution < -0.4 is 10.6 Å². The van der Waals surface area contributed by atoms with Crippen LogP contribution in [0.1, 0.15) is 52.4 Å². The molecule has 8 heteroatoms. The van der Waals surface area contributed by atoms with Gasteiger partial charge < -0.3 is 25.2 Å². The van der Waals surface area contributed by atoms with Crippen LogP contribution in [0.5, 0.6) is 0 Å². The fourth-order valence-corrected chi connectivity index (χ4v) is 2.72. The molecule has 1 unspecified atom stereocenters. The molecule has 1 atom stereocenters. The molecule has 1 aliphatic rings. The minimum atomic E-state index is -0.715. The van der Waals surface area contributed by atoms with Crippen molar-refractivity contribution >= 4 is 17.8 Å². The van der Waals surface area contributed by atoms with Gasteiger partial charge in [-0.25, -0.2) is 0 Å². The molecule has 1 aliphatic heterocycles. The van der Waals surface area contributed by atoms with Crippen molar-refractivity contribution in [3.63, 3.8) is 0 Å². The molecular formula is C20H34N2O6. The van der Waals surface area contributed by atoms with Gasteiger partial charge in [-0.2, -0.15) is 0 Å². The molecule has 8 nitrogen and oxygen atoms in total. The average molecular weight is 399 g/mol. The zero-order valence-electron chi connectivity index (χ0n) is 17.0. The van der Waals surface area contributed by atoms with Crippen molar-refractivity contribution in [2.75, 3.05) is 33.0 Å². The third-order valence-electron chi connectivity index (χ3n) is 4.25. The number of allylic oxidation sites excluding steroid dienone is 2. The maximum absolute atomic E-state index is 12.7. The number of carbonyl (C=O) groups excluding carboxylic acids is 3. The summed E-state index contributed by atoms with van der Waals surface area (Å²) < 4.78 is 10.4. The van der Waals surface area contributed by atoms with Crippen molar-refractivity contribution in [1.29, 1.82) is 0 Å². The molecule has 160 valence electrons. The summed E-state index contributed by atoms with van der Waals surface area (Å²) in [5.41, 5.74) is -0.715. The van der Waals surface area contributed by atoms with Crippen LogP contribution in [0, 0.1) is 5.92 Å². The first-order chi connectivity index (χ1) is 13.3. The maximum Gasteiger partial charge on any atom is 0.305 e. The van der Waals surface area contributed by atoms with Crippen LogP contribution >= 0.6 is 0 Å². The number of hydrogen-bond acceptors (Lipinski definition) is 6. The van der Waals surface area contributed by atoms with Crippen LogP contribution in [-0.2, 0) is 23.9 Å². The Morgan fingerprint density at radius 1 is 1.32 bits per heavy atom. The number of amides is 2. The molecule has 3 N–H and O–H groups in total. The van der Waals surface area contributed by atoms with E-state index in [0.717, 1.165) is 19.3 Å². The lowest BCUT2D eigenvalue weighted by atomic mass is 9.96. The number of aliphatic hydroxyl groups excluding tert-OH is 1. The van der Waals surface area contributed by atoms with E-state index >= 15 is 0 Å². The van der Waals surface area contributed by atoms with Crippen LogP contribution in [0.4, 0.5) is 0 Å². The van der Waals surface area contributed by atoms with E-state index in [1.54, 1.807) is 13.8 Å². The monoisotopic (exact) mass is 398 g/mol. The first-order valence-electron chi connectivity index (χ1n) is 9.92. The van der Waals surface area contributed by atoms with Gasteiger partial charge in [0.15, 0.2) is 0 Å². The molecule has 1 heterocycles. The smallest absolute Gasteiger partial charge is 0.305 e. The number of nitrogens with one attached hydrogen (secondary N) is 2. The summed E-state index contributed by atoms with van der Waals surface area (Å²) in [6, 6.07) is 0. The normalized spacial score (nSPS) is 21.3. The predicted octanol–water partition coefficient (Wildman–Crippen LogP) is 1.08. The molecule has 0 aliphatic carbocycles. The number of carbonyl (C=O) groups is 3. The van der Waals surface area contributed by atoms with Gasteiger partial charge in [0.25, 0.3) is 0 Å². The first kappa shape index (κ1) is 24.1. The second kappa shape index (κ2) is 13.3. The quantitative estimate of drug-likeness (QED) is 0.336. The molecule has 2 amide bonds. The lowest BCUT2D eigenvalue weighted by molar-refractivity contribution is -0.147. The van der Waals surface area contributed by atoms with E-state index in [1.165, 1.54) is 0 Å². The highest BCUT2D eigenvalue weighted by atomic mass is 16.5. The fourth-order valence-electron chi connectivity index (χ4n) is 2.72.